The first-order valence-corrected chi connectivity index (χ1v) is 16.4. The van der Waals surface area contributed by atoms with Gasteiger partial charge in [-0.25, -0.2) is 0 Å². The molecule has 3 heterocycles. The van der Waals surface area contributed by atoms with E-state index in [0.717, 1.165) is 6.42 Å². The molecule has 7 heteroatoms. The Labute approximate surface area is 192 Å². The highest BCUT2D eigenvalue weighted by atomic mass is 28.5. The van der Waals surface area contributed by atoms with Crippen molar-refractivity contribution in [2.24, 2.45) is 17.8 Å². The molecule has 180 valence electrons. The summed E-state index contributed by atoms with van der Waals surface area (Å²) in [6, 6.07) is 0. The molecule has 1 aliphatic carbocycles. The predicted molar refractivity (Wildman–Crippen MR) is 129 cm³/mol. The molecule has 31 heavy (non-hydrogen) atoms. The zero-order valence-corrected chi connectivity index (χ0v) is 23.2. The van der Waals surface area contributed by atoms with Crippen molar-refractivity contribution in [3.05, 3.63) is 12.7 Å². The average Bonchev–Trinajstić information content (AvgIpc) is 2.68. The summed E-state index contributed by atoms with van der Waals surface area (Å²) in [5.74, 6) is 0.819. The Morgan fingerprint density at radius 3 is 2.03 bits per heavy atom. The van der Waals surface area contributed by atoms with Crippen LogP contribution in [0.2, 0.25) is 22.2 Å². The zero-order chi connectivity index (χ0) is 23.1. The van der Waals surface area contributed by atoms with E-state index in [-0.39, 0.29) is 30.3 Å². The highest BCUT2D eigenvalue weighted by Gasteiger charge is 2.63. The lowest BCUT2D eigenvalue weighted by molar-refractivity contribution is -0.307. The highest BCUT2D eigenvalue weighted by molar-refractivity contribution is 6.83. The van der Waals surface area contributed by atoms with Gasteiger partial charge < -0.3 is 22.4 Å². The fourth-order valence-electron chi connectivity index (χ4n) is 6.26. The van der Waals surface area contributed by atoms with E-state index in [9.17, 15) is 0 Å². The molecule has 0 unspecified atom stereocenters. The molecule has 3 saturated heterocycles. The highest BCUT2D eigenvalue weighted by Crippen LogP contribution is 2.53. The van der Waals surface area contributed by atoms with Crippen molar-refractivity contribution in [1.29, 1.82) is 0 Å². The van der Waals surface area contributed by atoms with Gasteiger partial charge in [0.1, 0.15) is 0 Å². The van der Waals surface area contributed by atoms with Crippen LogP contribution in [0.1, 0.15) is 68.7 Å². The molecule has 0 spiro atoms. The zero-order valence-electron chi connectivity index (χ0n) is 21.2. The van der Waals surface area contributed by atoms with Gasteiger partial charge in [-0.05, 0) is 41.4 Å². The first-order valence-electron chi connectivity index (χ1n) is 12.5. The summed E-state index contributed by atoms with van der Waals surface area (Å²) in [4.78, 5) is 0. The third-order valence-corrected chi connectivity index (χ3v) is 18.1. The topological polar surface area (TPSA) is 46.2 Å². The van der Waals surface area contributed by atoms with Gasteiger partial charge in [-0.3, -0.25) is 0 Å². The summed E-state index contributed by atoms with van der Waals surface area (Å²) in [6.45, 7) is 25.7. The Kier molecular flexibility index (Phi) is 8.00. The van der Waals surface area contributed by atoms with Crippen LogP contribution in [-0.2, 0) is 22.4 Å². The largest absolute Gasteiger partial charge is 0.414 e. The Morgan fingerprint density at radius 2 is 1.55 bits per heavy atom. The number of hydrogen-bond donors (Lipinski definition) is 0. The molecular formula is C24H46O5Si2. The number of fused-ring (bicyclic) bond motifs is 2. The Hall–Kier alpha value is -0.0262. The van der Waals surface area contributed by atoms with Crippen molar-refractivity contribution in [2.75, 3.05) is 13.2 Å². The molecule has 5 nitrogen and oxygen atoms in total. The van der Waals surface area contributed by atoms with Crippen molar-refractivity contribution < 1.29 is 22.4 Å². The molecule has 0 aromatic carbocycles. The molecule has 0 aromatic rings. The molecule has 4 aliphatic rings. The first kappa shape index (κ1) is 25.6. The van der Waals surface area contributed by atoms with E-state index in [1.807, 2.05) is 6.92 Å². The molecule has 0 amide bonds. The number of ether oxygens (including phenoxy) is 2. The monoisotopic (exact) mass is 470 g/mol. The molecule has 6 atom stereocenters. The van der Waals surface area contributed by atoms with Gasteiger partial charge in [-0.1, -0.05) is 61.5 Å². The average molecular weight is 471 g/mol. The third kappa shape index (κ3) is 4.29. The summed E-state index contributed by atoms with van der Waals surface area (Å²) >= 11 is 0. The number of rotatable bonds is 7. The molecular weight excluding hydrogens is 424 g/mol. The number of allylic oxidation sites excluding steroid dienone is 1. The Morgan fingerprint density at radius 1 is 0.968 bits per heavy atom. The van der Waals surface area contributed by atoms with Crippen LogP contribution in [0.5, 0.6) is 0 Å². The van der Waals surface area contributed by atoms with Crippen LogP contribution in [0.3, 0.4) is 0 Å². The summed E-state index contributed by atoms with van der Waals surface area (Å²) in [5.41, 5.74) is 1.37. The van der Waals surface area contributed by atoms with E-state index < -0.39 is 17.1 Å². The minimum atomic E-state index is -2.61. The minimum Gasteiger partial charge on any atom is -0.414 e. The lowest BCUT2D eigenvalue weighted by Crippen LogP contribution is -2.70. The molecule has 4 fully saturated rings. The van der Waals surface area contributed by atoms with Gasteiger partial charge in [-0.2, -0.15) is 0 Å². The smallest absolute Gasteiger partial charge is 0.335 e. The van der Waals surface area contributed by atoms with Crippen molar-refractivity contribution in [3.63, 3.8) is 0 Å². The van der Waals surface area contributed by atoms with E-state index in [0.29, 0.717) is 41.3 Å². The fraction of sp³-hybridized carbons (Fsp3) is 0.917. The van der Waals surface area contributed by atoms with E-state index in [2.05, 4.69) is 68.0 Å². The number of hydrogen-bond acceptors (Lipinski definition) is 5. The SMILES string of the molecule is C=C[C@H]1C[C@H]2O[C@H](OCC)[C@@H]1[C@@H]1CO[Si](C(C)C)(C(C)C)O[Si](C(C)C)(C(C)C)O[C@@H]12. The van der Waals surface area contributed by atoms with E-state index in [4.69, 9.17) is 22.4 Å². The maximum Gasteiger partial charge on any atom is 0.335 e. The van der Waals surface area contributed by atoms with Gasteiger partial charge >= 0.3 is 17.1 Å². The predicted octanol–water partition coefficient (Wildman–Crippen LogP) is 6.14. The summed E-state index contributed by atoms with van der Waals surface area (Å²) < 4.78 is 34.1. The maximum absolute atomic E-state index is 7.32. The van der Waals surface area contributed by atoms with Crippen LogP contribution in [0.25, 0.3) is 0 Å². The van der Waals surface area contributed by atoms with Gasteiger partial charge in [0, 0.05) is 25.0 Å². The van der Waals surface area contributed by atoms with Crippen molar-refractivity contribution in [1.82, 2.24) is 0 Å². The second-order valence-electron chi connectivity index (χ2n) is 10.9. The molecule has 1 saturated carbocycles. The molecule has 0 N–H and O–H groups in total. The van der Waals surface area contributed by atoms with Crippen LogP contribution >= 0.6 is 0 Å². The van der Waals surface area contributed by atoms with E-state index >= 15 is 0 Å². The Bertz CT molecular complexity index is 607. The molecule has 3 aliphatic heterocycles. The van der Waals surface area contributed by atoms with Crippen LogP contribution in [0, 0.1) is 17.8 Å². The van der Waals surface area contributed by atoms with E-state index in [1.54, 1.807) is 0 Å². The lowest BCUT2D eigenvalue weighted by Gasteiger charge is -2.60. The quantitative estimate of drug-likeness (QED) is 0.330. The van der Waals surface area contributed by atoms with Crippen molar-refractivity contribution >= 4 is 17.1 Å². The van der Waals surface area contributed by atoms with E-state index in [1.165, 1.54) is 0 Å². The first-order chi connectivity index (χ1) is 14.5. The van der Waals surface area contributed by atoms with Crippen LogP contribution < -0.4 is 0 Å². The van der Waals surface area contributed by atoms with Crippen molar-refractivity contribution in [2.45, 2.75) is 109 Å². The van der Waals surface area contributed by atoms with Gasteiger partial charge in [0.05, 0.1) is 12.2 Å². The van der Waals surface area contributed by atoms with Gasteiger partial charge in [0.15, 0.2) is 6.29 Å². The second kappa shape index (κ2) is 9.68. The van der Waals surface area contributed by atoms with Crippen LogP contribution in [0.4, 0.5) is 0 Å². The van der Waals surface area contributed by atoms with Gasteiger partial charge in [0.2, 0.25) is 0 Å². The minimum absolute atomic E-state index is 0.000646. The Balaban J connectivity index is 2.10. The summed E-state index contributed by atoms with van der Waals surface area (Å²) in [6.07, 6.45) is 2.84. The normalized spacial score (nSPS) is 37.2. The van der Waals surface area contributed by atoms with Gasteiger partial charge in [-0.15, -0.1) is 6.58 Å². The lowest BCUT2D eigenvalue weighted by atomic mass is 9.67. The van der Waals surface area contributed by atoms with Crippen LogP contribution in [0.15, 0.2) is 12.7 Å². The maximum atomic E-state index is 7.32. The standard InChI is InChI=1S/C24H46O5Si2/c1-11-19-13-21-23-20(22(19)24(27-21)25-12-2)14-26-30(15(3)4,16(5)6)29-31(28-23,17(7)8)18(9)10/h11,15-24H,1,12-14H2,2-10H3/t19-,20-,21+,22-,23-,24-/m0/s1. The molecule has 0 radical (unpaired) electrons. The molecule has 2 bridgehead atoms. The summed E-state index contributed by atoms with van der Waals surface area (Å²) in [5, 5.41) is 0. The molecule has 0 aromatic heterocycles. The molecule has 4 rings (SSSR count). The summed E-state index contributed by atoms with van der Waals surface area (Å²) in [7, 11) is -5.14. The van der Waals surface area contributed by atoms with Crippen LogP contribution in [-0.4, -0.2) is 48.8 Å². The fourth-order valence-corrected chi connectivity index (χ4v) is 17.5. The third-order valence-electron chi connectivity index (χ3n) is 7.90. The van der Waals surface area contributed by atoms with Crippen molar-refractivity contribution in [3.8, 4) is 0 Å². The van der Waals surface area contributed by atoms with Gasteiger partial charge in [0.25, 0.3) is 0 Å². The second-order valence-corrected chi connectivity index (χ2v) is 19.8.